The standard InChI is InChI=1S/C19H16ClF3N2O2/c1-11-3-7-16(24-12(2)26)17(9-11)25-18(27)8-5-13-4-6-15(20)14(10-13)19(21,22)23/h3-10H,1-2H3,(H,24,26)(H,25,27)/b8-5+. The van der Waals surface area contributed by atoms with Gasteiger partial charge in [-0.1, -0.05) is 23.7 Å². The van der Waals surface area contributed by atoms with Gasteiger partial charge in [-0.3, -0.25) is 9.59 Å². The quantitative estimate of drug-likeness (QED) is 0.691. The van der Waals surface area contributed by atoms with Gasteiger partial charge in [0.25, 0.3) is 0 Å². The lowest BCUT2D eigenvalue weighted by Gasteiger charge is -2.11. The number of amides is 2. The molecule has 0 aliphatic heterocycles. The van der Waals surface area contributed by atoms with Crippen LogP contribution >= 0.6 is 11.6 Å². The van der Waals surface area contributed by atoms with Crippen molar-refractivity contribution in [1.29, 1.82) is 0 Å². The van der Waals surface area contributed by atoms with Gasteiger partial charge in [-0.25, -0.2) is 0 Å². The van der Waals surface area contributed by atoms with Gasteiger partial charge in [0.1, 0.15) is 0 Å². The third-order valence-electron chi connectivity index (χ3n) is 3.47. The van der Waals surface area contributed by atoms with Gasteiger partial charge in [0, 0.05) is 13.0 Å². The summed E-state index contributed by atoms with van der Waals surface area (Å²) >= 11 is 5.57. The lowest BCUT2D eigenvalue weighted by atomic mass is 10.1. The van der Waals surface area contributed by atoms with Crippen molar-refractivity contribution in [2.75, 3.05) is 10.6 Å². The molecular formula is C19H16ClF3N2O2. The number of alkyl halides is 3. The molecular weight excluding hydrogens is 381 g/mol. The largest absolute Gasteiger partial charge is 0.417 e. The third-order valence-corrected chi connectivity index (χ3v) is 3.80. The summed E-state index contributed by atoms with van der Waals surface area (Å²) in [5.41, 5.74) is 0.857. The van der Waals surface area contributed by atoms with Crippen LogP contribution < -0.4 is 10.6 Å². The van der Waals surface area contributed by atoms with E-state index in [1.54, 1.807) is 18.2 Å². The minimum atomic E-state index is -4.59. The molecule has 142 valence electrons. The van der Waals surface area contributed by atoms with Gasteiger partial charge in [0.15, 0.2) is 0 Å². The number of nitrogens with one attached hydrogen (secondary N) is 2. The predicted octanol–water partition coefficient (Wildman–Crippen LogP) is 5.28. The molecule has 0 aliphatic carbocycles. The summed E-state index contributed by atoms with van der Waals surface area (Å²) in [6.07, 6.45) is -2.24. The molecule has 0 atom stereocenters. The fourth-order valence-electron chi connectivity index (χ4n) is 2.27. The van der Waals surface area contributed by atoms with E-state index in [9.17, 15) is 22.8 Å². The maximum Gasteiger partial charge on any atom is 0.417 e. The smallest absolute Gasteiger partial charge is 0.325 e. The summed E-state index contributed by atoms with van der Waals surface area (Å²) < 4.78 is 38.6. The van der Waals surface area contributed by atoms with Crippen LogP contribution in [0.25, 0.3) is 6.08 Å². The highest BCUT2D eigenvalue weighted by molar-refractivity contribution is 6.31. The lowest BCUT2D eigenvalue weighted by molar-refractivity contribution is -0.137. The van der Waals surface area contributed by atoms with Crippen molar-refractivity contribution in [2.24, 2.45) is 0 Å². The second kappa shape index (κ2) is 8.26. The second-order valence-electron chi connectivity index (χ2n) is 5.79. The van der Waals surface area contributed by atoms with Crippen LogP contribution in [0.15, 0.2) is 42.5 Å². The summed E-state index contributed by atoms with van der Waals surface area (Å²) in [5.74, 6) is -0.860. The average molecular weight is 397 g/mol. The Morgan fingerprint density at radius 1 is 1.04 bits per heavy atom. The third kappa shape index (κ3) is 5.86. The summed E-state index contributed by atoms with van der Waals surface area (Å²) in [5, 5.41) is 4.77. The molecule has 0 radical (unpaired) electrons. The Bertz CT molecular complexity index is 908. The molecule has 2 N–H and O–H groups in total. The van der Waals surface area contributed by atoms with E-state index in [1.807, 2.05) is 6.92 Å². The van der Waals surface area contributed by atoms with Crippen LogP contribution in [-0.2, 0) is 15.8 Å². The summed E-state index contributed by atoms with van der Waals surface area (Å²) in [7, 11) is 0. The van der Waals surface area contributed by atoms with E-state index in [1.165, 1.54) is 19.1 Å². The zero-order chi connectivity index (χ0) is 20.2. The van der Waals surface area contributed by atoms with Crippen molar-refractivity contribution < 1.29 is 22.8 Å². The molecule has 8 heteroatoms. The number of benzene rings is 2. The van der Waals surface area contributed by atoms with Crippen LogP contribution in [0.4, 0.5) is 24.5 Å². The molecule has 0 aromatic heterocycles. The van der Waals surface area contributed by atoms with Crippen molar-refractivity contribution in [3.8, 4) is 0 Å². The van der Waals surface area contributed by atoms with Crippen LogP contribution in [0.5, 0.6) is 0 Å². The Morgan fingerprint density at radius 3 is 2.37 bits per heavy atom. The monoisotopic (exact) mass is 396 g/mol. The molecule has 0 saturated carbocycles. The molecule has 0 spiro atoms. The minimum absolute atomic E-state index is 0.174. The number of anilines is 2. The molecule has 2 amide bonds. The first-order valence-electron chi connectivity index (χ1n) is 7.80. The van der Waals surface area contributed by atoms with Crippen LogP contribution in [-0.4, -0.2) is 11.8 Å². The van der Waals surface area contributed by atoms with Crippen LogP contribution in [0.1, 0.15) is 23.6 Å². The Morgan fingerprint density at radius 2 is 1.74 bits per heavy atom. The van der Waals surface area contributed by atoms with E-state index < -0.39 is 22.7 Å². The minimum Gasteiger partial charge on any atom is -0.325 e. The van der Waals surface area contributed by atoms with E-state index in [0.717, 1.165) is 23.8 Å². The summed E-state index contributed by atoms with van der Waals surface area (Å²) in [6, 6.07) is 8.44. The van der Waals surface area contributed by atoms with Gasteiger partial charge >= 0.3 is 6.18 Å². The number of hydrogen-bond donors (Lipinski definition) is 2. The Labute approximate surface area is 159 Å². The van der Waals surface area contributed by atoms with E-state index in [2.05, 4.69) is 10.6 Å². The SMILES string of the molecule is CC(=O)Nc1ccc(C)cc1NC(=O)/C=C/c1ccc(Cl)c(C(F)(F)F)c1. The highest BCUT2D eigenvalue weighted by atomic mass is 35.5. The summed E-state index contributed by atoms with van der Waals surface area (Å²) in [6.45, 7) is 3.15. The number of aryl methyl sites for hydroxylation is 1. The van der Waals surface area contributed by atoms with Gasteiger partial charge in [-0.05, 0) is 48.4 Å². The van der Waals surface area contributed by atoms with Crippen LogP contribution in [0, 0.1) is 6.92 Å². The fourth-order valence-corrected chi connectivity index (χ4v) is 2.49. The first-order valence-corrected chi connectivity index (χ1v) is 8.18. The van der Waals surface area contributed by atoms with Crippen molar-refractivity contribution in [3.05, 3.63) is 64.2 Å². The van der Waals surface area contributed by atoms with Gasteiger partial charge in [-0.15, -0.1) is 0 Å². The van der Waals surface area contributed by atoms with E-state index >= 15 is 0 Å². The molecule has 0 unspecified atom stereocenters. The van der Waals surface area contributed by atoms with Crippen LogP contribution in [0.3, 0.4) is 0 Å². The van der Waals surface area contributed by atoms with Gasteiger partial charge in [0.2, 0.25) is 11.8 Å². The molecule has 2 aromatic carbocycles. The van der Waals surface area contributed by atoms with Crippen molar-refractivity contribution in [1.82, 2.24) is 0 Å². The molecule has 0 bridgehead atoms. The highest BCUT2D eigenvalue weighted by Crippen LogP contribution is 2.35. The van der Waals surface area contributed by atoms with Crippen molar-refractivity contribution in [2.45, 2.75) is 20.0 Å². The average Bonchev–Trinajstić information content (AvgIpc) is 2.55. The summed E-state index contributed by atoms with van der Waals surface area (Å²) in [4.78, 5) is 23.4. The van der Waals surface area contributed by atoms with Crippen molar-refractivity contribution in [3.63, 3.8) is 0 Å². The molecule has 0 heterocycles. The number of halogens is 4. The van der Waals surface area contributed by atoms with E-state index in [4.69, 9.17) is 11.6 Å². The number of hydrogen-bond acceptors (Lipinski definition) is 2. The van der Waals surface area contributed by atoms with Gasteiger partial charge in [-0.2, -0.15) is 13.2 Å². The zero-order valence-corrected chi connectivity index (χ0v) is 15.2. The second-order valence-corrected chi connectivity index (χ2v) is 6.20. The van der Waals surface area contributed by atoms with Gasteiger partial charge in [0.05, 0.1) is 22.0 Å². The molecule has 4 nitrogen and oxygen atoms in total. The normalized spacial score (nSPS) is 11.5. The number of rotatable bonds is 4. The van der Waals surface area contributed by atoms with Crippen LogP contribution in [0.2, 0.25) is 5.02 Å². The molecule has 0 fully saturated rings. The topological polar surface area (TPSA) is 58.2 Å². The maximum atomic E-state index is 12.9. The molecule has 27 heavy (non-hydrogen) atoms. The molecule has 0 aliphatic rings. The highest BCUT2D eigenvalue weighted by Gasteiger charge is 2.33. The number of carbonyl (C=O) groups excluding carboxylic acids is 2. The maximum absolute atomic E-state index is 12.9. The van der Waals surface area contributed by atoms with Crippen molar-refractivity contribution >= 4 is 40.9 Å². The lowest BCUT2D eigenvalue weighted by Crippen LogP contribution is -2.13. The molecule has 0 saturated heterocycles. The predicted molar refractivity (Wildman–Crippen MR) is 99.6 cm³/mol. The van der Waals surface area contributed by atoms with E-state index in [-0.39, 0.29) is 11.5 Å². The molecule has 2 rings (SSSR count). The first-order chi connectivity index (χ1) is 12.6. The Kier molecular flexibility index (Phi) is 6.28. The Hall–Kier alpha value is -2.80. The first kappa shape index (κ1) is 20.5. The van der Waals surface area contributed by atoms with E-state index in [0.29, 0.717) is 11.4 Å². The molecule has 2 aromatic rings. The fraction of sp³-hybridized carbons (Fsp3) is 0.158. The zero-order valence-electron chi connectivity index (χ0n) is 14.4. The van der Waals surface area contributed by atoms with Gasteiger partial charge < -0.3 is 10.6 Å². The Balaban J connectivity index is 2.19. The number of carbonyl (C=O) groups is 2.